The normalized spacial score (nSPS) is 10.5. The van der Waals surface area contributed by atoms with Gasteiger partial charge in [0.2, 0.25) is 11.8 Å². The number of rotatable bonds is 9. The molecule has 0 aliphatic heterocycles. The van der Waals surface area contributed by atoms with Crippen molar-refractivity contribution >= 4 is 23.7 Å². The van der Waals surface area contributed by atoms with Gasteiger partial charge in [0.1, 0.15) is 5.75 Å². The Morgan fingerprint density at radius 1 is 1.11 bits per heavy atom. The number of benzene rings is 2. The van der Waals surface area contributed by atoms with Crippen molar-refractivity contribution in [2.75, 3.05) is 19.0 Å². The number of para-hydroxylation sites is 1. The summed E-state index contributed by atoms with van der Waals surface area (Å²) in [6, 6.07) is 11.9. The lowest BCUT2D eigenvalue weighted by Crippen LogP contribution is -2.20. The minimum absolute atomic E-state index is 0.0129. The summed E-state index contributed by atoms with van der Waals surface area (Å²) in [5.41, 5.74) is 3.34. The van der Waals surface area contributed by atoms with Crippen LogP contribution in [0.4, 0.5) is 5.69 Å². The molecule has 2 amide bonds. The van der Waals surface area contributed by atoms with Gasteiger partial charge in [-0.2, -0.15) is 5.10 Å². The minimum atomic E-state index is -0.416. The van der Waals surface area contributed by atoms with E-state index < -0.39 is 5.91 Å². The molecule has 0 saturated heterocycles. The predicted octanol–water partition coefficient (Wildman–Crippen LogP) is 2.67. The Morgan fingerprint density at radius 3 is 2.50 bits per heavy atom. The van der Waals surface area contributed by atoms with E-state index in [0.717, 1.165) is 5.75 Å². The number of nitrogens with zero attached hydrogens (tertiary/aromatic N) is 1. The maximum absolute atomic E-state index is 11.9. The van der Waals surface area contributed by atoms with Crippen molar-refractivity contribution in [3.05, 3.63) is 48.0 Å². The maximum Gasteiger partial charge on any atom is 0.240 e. The molecule has 0 unspecified atom stereocenters. The highest BCUT2D eigenvalue weighted by atomic mass is 16.5. The summed E-state index contributed by atoms with van der Waals surface area (Å²) in [6.07, 6.45) is 1.29. The van der Waals surface area contributed by atoms with Crippen LogP contribution in [0.3, 0.4) is 0 Å². The highest BCUT2D eigenvalue weighted by Gasteiger charge is 2.08. The van der Waals surface area contributed by atoms with E-state index in [2.05, 4.69) is 15.8 Å². The monoisotopic (exact) mass is 385 g/mol. The third kappa shape index (κ3) is 6.31. The molecule has 3 N–H and O–H groups in total. The van der Waals surface area contributed by atoms with Gasteiger partial charge in [0, 0.05) is 24.1 Å². The first-order valence-electron chi connectivity index (χ1n) is 8.74. The third-order valence-corrected chi connectivity index (χ3v) is 3.67. The van der Waals surface area contributed by atoms with E-state index in [0.29, 0.717) is 23.6 Å². The summed E-state index contributed by atoms with van der Waals surface area (Å²) in [6.45, 7) is 2.46. The summed E-state index contributed by atoms with van der Waals surface area (Å²) in [5.74, 6) is 0.257. The Balaban J connectivity index is 1.76. The Kier molecular flexibility index (Phi) is 7.83. The average molecular weight is 385 g/mol. The van der Waals surface area contributed by atoms with Gasteiger partial charge in [-0.05, 0) is 43.3 Å². The molecule has 8 heteroatoms. The zero-order chi connectivity index (χ0) is 20.4. The summed E-state index contributed by atoms with van der Waals surface area (Å²) < 4.78 is 10.3. The van der Waals surface area contributed by atoms with Crippen molar-refractivity contribution in [1.82, 2.24) is 5.43 Å². The van der Waals surface area contributed by atoms with Gasteiger partial charge in [0.05, 0.1) is 19.9 Å². The lowest BCUT2D eigenvalue weighted by atomic mass is 10.2. The minimum Gasteiger partial charge on any atom is -0.504 e. The van der Waals surface area contributed by atoms with E-state index in [4.69, 9.17) is 9.47 Å². The van der Waals surface area contributed by atoms with E-state index in [-0.39, 0.29) is 24.5 Å². The first kappa shape index (κ1) is 20.8. The van der Waals surface area contributed by atoms with Gasteiger partial charge in [0.15, 0.2) is 11.5 Å². The Labute approximate surface area is 163 Å². The SMILES string of the molecule is CCOc1ccc(NC(=O)CCC(=O)NN=Cc2cccc(OC)c2O)cc1. The molecule has 0 aliphatic rings. The number of hydrogen-bond acceptors (Lipinski definition) is 6. The van der Waals surface area contributed by atoms with Gasteiger partial charge in [-0.1, -0.05) is 6.07 Å². The number of carbonyl (C=O) groups is 2. The number of anilines is 1. The van der Waals surface area contributed by atoms with Crippen molar-refractivity contribution in [2.24, 2.45) is 5.10 Å². The molecule has 0 spiro atoms. The molecule has 0 aliphatic carbocycles. The highest BCUT2D eigenvalue weighted by molar-refractivity contribution is 5.93. The lowest BCUT2D eigenvalue weighted by molar-refractivity contribution is -0.124. The van der Waals surface area contributed by atoms with Crippen LogP contribution in [0.2, 0.25) is 0 Å². The number of methoxy groups -OCH3 is 1. The van der Waals surface area contributed by atoms with Crippen LogP contribution in [0.1, 0.15) is 25.3 Å². The Morgan fingerprint density at radius 2 is 1.82 bits per heavy atom. The molecular weight excluding hydrogens is 362 g/mol. The second kappa shape index (κ2) is 10.6. The van der Waals surface area contributed by atoms with Crippen molar-refractivity contribution in [3.63, 3.8) is 0 Å². The molecule has 0 saturated carbocycles. The predicted molar refractivity (Wildman–Crippen MR) is 106 cm³/mol. The zero-order valence-electron chi connectivity index (χ0n) is 15.8. The molecule has 0 heterocycles. The van der Waals surface area contributed by atoms with Crippen molar-refractivity contribution in [2.45, 2.75) is 19.8 Å². The molecule has 0 radical (unpaired) electrons. The van der Waals surface area contributed by atoms with Crippen LogP contribution < -0.4 is 20.2 Å². The number of phenolic OH excluding ortho intramolecular Hbond substituents is 1. The van der Waals surface area contributed by atoms with E-state index >= 15 is 0 Å². The molecule has 0 fully saturated rings. The summed E-state index contributed by atoms with van der Waals surface area (Å²) in [4.78, 5) is 23.7. The lowest BCUT2D eigenvalue weighted by Gasteiger charge is -2.07. The van der Waals surface area contributed by atoms with Crippen LogP contribution in [-0.2, 0) is 9.59 Å². The molecule has 2 aromatic carbocycles. The van der Waals surface area contributed by atoms with Crippen molar-refractivity contribution in [1.29, 1.82) is 0 Å². The van der Waals surface area contributed by atoms with Crippen LogP contribution in [0.15, 0.2) is 47.6 Å². The van der Waals surface area contributed by atoms with Crippen LogP contribution >= 0.6 is 0 Å². The van der Waals surface area contributed by atoms with Crippen LogP contribution in [0, 0.1) is 0 Å². The molecule has 2 aromatic rings. The summed E-state index contributed by atoms with van der Waals surface area (Å²) in [5, 5.41) is 16.4. The number of aromatic hydroxyl groups is 1. The quantitative estimate of drug-likeness (QED) is 0.454. The molecule has 0 bridgehead atoms. The first-order chi connectivity index (χ1) is 13.5. The number of carbonyl (C=O) groups excluding carboxylic acids is 2. The van der Waals surface area contributed by atoms with Gasteiger partial charge >= 0.3 is 0 Å². The van der Waals surface area contributed by atoms with Crippen LogP contribution in [0.25, 0.3) is 0 Å². The van der Waals surface area contributed by atoms with Gasteiger partial charge in [0.25, 0.3) is 0 Å². The van der Waals surface area contributed by atoms with E-state index in [1.165, 1.54) is 13.3 Å². The highest BCUT2D eigenvalue weighted by Crippen LogP contribution is 2.27. The Hall–Kier alpha value is -3.55. The second-order valence-electron chi connectivity index (χ2n) is 5.70. The summed E-state index contributed by atoms with van der Waals surface area (Å²) in [7, 11) is 1.44. The fraction of sp³-hybridized carbons (Fsp3) is 0.250. The molecule has 2 rings (SSSR count). The van der Waals surface area contributed by atoms with Gasteiger partial charge < -0.3 is 19.9 Å². The largest absolute Gasteiger partial charge is 0.504 e. The van der Waals surface area contributed by atoms with E-state index in [1.807, 2.05) is 6.92 Å². The average Bonchev–Trinajstić information content (AvgIpc) is 2.69. The zero-order valence-corrected chi connectivity index (χ0v) is 15.8. The van der Waals surface area contributed by atoms with Gasteiger partial charge in [-0.15, -0.1) is 0 Å². The van der Waals surface area contributed by atoms with Gasteiger partial charge in [-0.3, -0.25) is 9.59 Å². The van der Waals surface area contributed by atoms with Crippen molar-refractivity contribution < 1.29 is 24.2 Å². The molecular formula is C20H23N3O5. The number of amides is 2. The van der Waals surface area contributed by atoms with Crippen molar-refractivity contribution in [3.8, 4) is 17.2 Å². The number of phenols is 1. The molecule has 0 atom stereocenters. The fourth-order valence-electron chi connectivity index (χ4n) is 2.29. The number of ether oxygens (including phenoxy) is 2. The smallest absolute Gasteiger partial charge is 0.240 e. The summed E-state index contributed by atoms with van der Waals surface area (Å²) >= 11 is 0. The molecule has 28 heavy (non-hydrogen) atoms. The van der Waals surface area contributed by atoms with Gasteiger partial charge in [-0.25, -0.2) is 5.43 Å². The van der Waals surface area contributed by atoms with Crippen LogP contribution in [0.5, 0.6) is 17.2 Å². The Bertz CT molecular complexity index is 834. The maximum atomic E-state index is 11.9. The number of hydrazone groups is 1. The van der Waals surface area contributed by atoms with Crippen LogP contribution in [-0.4, -0.2) is 36.9 Å². The number of nitrogens with one attached hydrogen (secondary N) is 2. The third-order valence-electron chi connectivity index (χ3n) is 3.67. The standard InChI is InChI=1S/C20H23N3O5/c1-3-28-16-9-7-15(8-10-16)22-18(24)11-12-19(25)23-21-13-14-5-4-6-17(27-2)20(14)26/h4-10,13,26H,3,11-12H2,1-2H3,(H,22,24)(H,23,25). The topological polar surface area (TPSA) is 109 Å². The first-order valence-corrected chi connectivity index (χ1v) is 8.74. The van der Waals surface area contributed by atoms with E-state index in [9.17, 15) is 14.7 Å². The number of hydrogen-bond donors (Lipinski definition) is 3. The molecule has 0 aromatic heterocycles. The fourth-order valence-corrected chi connectivity index (χ4v) is 2.29. The molecule has 148 valence electrons. The van der Waals surface area contributed by atoms with E-state index in [1.54, 1.807) is 42.5 Å². The second-order valence-corrected chi connectivity index (χ2v) is 5.70. The molecule has 8 nitrogen and oxygen atoms in total.